The van der Waals surface area contributed by atoms with Crippen molar-refractivity contribution in [2.24, 2.45) is 0 Å². The molecule has 0 saturated heterocycles. The standard InChI is InChI=1S/C18H17ClN4O3S/c1-11-7-15(22-26-11)21-16(24)9-23(2)17(25)8-12-10-27-18(20-12)13-5-3-4-6-14(13)19/h3-7,10H,8-9H2,1-2H3,(H,21,22,24). The number of thiazole rings is 1. The molecule has 0 saturated carbocycles. The van der Waals surface area contributed by atoms with Crippen molar-refractivity contribution >= 4 is 40.6 Å². The van der Waals surface area contributed by atoms with Gasteiger partial charge in [-0.1, -0.05) is 35.0 Å². The number of halogens is 1. The van der Waals surface area contributed by atoms with Crippen LogP contribution < -0.4 is 5.32 Å². The number of aryl methyl sites for hydroxylation is 1. The molecule has 0 bridgehead atoms. The van der Waals surface area contributed by atoms with E-state index >= 15 is 0 Å². The van der Waals surface area contributed by atoms with E-state index in [1.807, 2.05) is 23.6 Å². The second kappa shape index (κ2) is 8.32. The van der Waals surface area contributed by atoms with Crippen molar-refractivity contribution in [3.05, 3.63) is 52.2 Å². The van der Waals surface area contributed by atoms with Crippen LogP contribution in [0.25, 0.3) is 10.6 Å². The average molecular weight is 405 g/mol. The Labute approximate surface area is 164 Å². The summed E-state index contributed by atoms with van der Waals surface area (Å²) in [6, 6.07) is 9.02. The van der Waals surface area contributed by atoms with Crippen molar-refractivity contribution in [1.82, 2.24) is 15.0 Å². The Bertz CT molecular complexity index is 969. The van der Waals surface area contributed by atoms with Gasteiger partial charge in [-0.3, -0.25) is 9.59 Å². The second-order valence-corrected chi connectivity index (χ2v) is 7.19. The van der Waals surface area contributed by atoms with Crippen LogP contribution in [0.2, 0.25) is 5.02 Å². The molecular formula is C18H17ClN4O3S. The van der Waals surface area contributed by atoms with Gasteiger partial charge in [-0.15, -0.1) is 11.3 Å². The van der Waals surface area contributed by atoms with Crippen LogP contribution in [-0.2, 0) is 16.0 Å². The Balaban J connectivity index is 1.57. The Morgan fingerprint density at radius 1 is 1.33 bits per heavy atom. The number of anilines is 1. The van der Waals surface area contributed by atoms with Gasteiger partial charge in [-0.05, 0) is 13.0 Å². The number of benzene rings is 1. The molecular weight excluding hydrogens is 388 g/mol. The molecule has 0 unspecified atom stereocenters. The molecule has 0 atom stereocenters. The van der Waals surface area contributed by atoms with Crippen molar-refractivity contribution in [2.45, 2.75) is 13.3 Å². The first-order valence-electron chi connectivity index (χ1n) is 8.09. The third-order valence-corrected chi connectivity index (χ3v) is 4.94. The first-order valence-corrected chi connectivity index (χ1v) is 9.34. The molecule has 7 nitrogen and oxygen atoms in total. The molecule has 0 aliphatic heterocycles. The van der Waals surface area contributed by atoms with Crippen molar-refractivity contribution in [3.63, 3.8) is 0 Å². The van der Waals surface area contributed by atoms with Crippen LogP contribution in [0, 0.1) is 6.92 Å². The average Bonchev–Trinajstić information content (AvgIpc) is 3.24. The molecule has 0 fully saturated rings. The Kier molecular flexibility index (Phi) is 5.88. The van der Waals surface area contributed by atoms with Crippen LogP contribution in [0.3, 0.4) is 0 Å². The molecule has 27 heavy (non-hydrogen) atoms. The summed E-state index contributed by atoms with van der Waals surface area (Å²) in [6.45, 7) is 1.63. The maximum atomic E-state index is 12.4. The number of nitrogens with zero attached hydrogens (tertiary/aromatic N) is 3. The van der Waals surface area contributed by atoms with Crippen molar-refractivity contribution in [3.8, 4) is 10.6 Å². The van der Waals surface area contributed by atoms with Crippen LogP contribution in [0.1, 0.15) is 11.5 Å². The van der Waals surface area contributed by atoms with Crippen LogP contribution in [0.15, 0.2) is 40.2 Å². The fourth-order valence-corrected chi connectivity index (χ4v) is 3.49. The normalized spacial score (nSPS) is 10.6. The largest absolute Gasteiger partial charge is 0.360 e. The van der Waals surface area contributed by atoms with E-state index in [0.717, 1.165) is 10.6 Å². The number of aromatic nitrogens is 2. The highest BCUT2D eigenvalue weighted by atomic mass is 35.5. The topological polar surface area (TPSA) is 88.3 Å². The molecule has 0 aliphatic rings. The Morgan fingerprint density at radius 2 is 2.11 bits per heavy atom. The van der Waals surface area contributed by atoms with E-state index in [4.69, 9.17) is 16.1 Å². The van der Waals surface area contributed by atoms with Gasteiger partial charge in [0.15, 0.2) is 5.82 Å². The first kappa shape index (κ1) is 19.1. The van der Waals surface area contributed by atoms with E-state index in [0.29, 0.717) is 22.3 Å². The summed E-state index contributed by atoms with van der Waals surface area (Å²) in [5.74, 6) is 0.349. The fraction of sp³-hybridized carbons (Fsp3) is 0.222. The predicted octanol–water partition coefficient (Wildman–Crippen LogP) is 3.40. The smallest absolute Gasteiger partial charge is 0.245 e. The van der Waals surface area contributed by atoms with Gasteiger partial charge < -0.3 is 14.7 Å². The van der Waals surface area contributed by atoms with Gasteiger partial charge in [0.1, 0.15) is 10.8 Å². The monoisotopic (exact) mass is 404 g/mol. The molecule has 1 N–H and O–H groups in total. The van der Waals surface area contributed by atoms with Crippen LogP contribution in [-0.4, -0.2) is 40.4 Å². The molecule has 2 aromatic heterocycles. The number of nitrogens with one attached hydrogen (secondary N) is 1. The van der Waals surface area contributed by atoms with E-state index in [-0.39, 0.29) is 24.8 Å². The number of hydrogen-bond acceptors (Lipinski definition) is 6. The number of carbonyl (C=O) groups excluding carboxylic acids is 2. The minimum atomic E-state index is -0.353. The van der Waals surface area contributed by atoms with Gasteiger partial charge in [0.25, 0.3) is 0 Å². The van der Waals surface area contributed by atoms with Crippen molar-refractivity contribution < 1.29 is 14.1 Å². The summed E-state index contributed by atoms with van der Waals surface area (Å²) in [4.78, 5) is 30.2. The lowest BCUT2D eigenvalue weighted by Crippen LogP contribution is -2.35. The van der Waals surface area contributed by atoms with E-state index < -0.39 is 0 Å². The van der Waals surface area contributed by atoms with Gasteiger partial charge in [-0.25, -0.2) is 4.98 Å². The maximum Gasteiger partial charge on any atom is 0.245 e. The third-order valence-electron chi connectivity index (χ3n) is 3.69. The summed E-state index contributed by atoms with van der Waals surface area (Å²) in [5.41, 5.74) is 1.47. The van der Waals surface area contributed by atoms with Gasteiger partial charge in [0.05, 0.1) is 23.7 Å². The van der Waals surface area contributed by atoms with Crippen molar-refractivity contribution in [2.75, 3.05) is 18.9 Å². The highest BCUT2D eigenvalue weighted by molar-refractivity contribution is 7.13. The minimum absolute atomic E-state index is 0.0910. The molecule has 140 valence electrons. The summed E-state index contributed by atoms with van der Waals surface area (Å²) in [7, 11) is 1.57. The van der Waals surface area contributed by atoms with Gasteiger partial charge in [-0.2, -0.15) is 0 Å². The summed E-state index contributed by atoms with van der Waals surface area (Å²) in [5, 5.41) is 9.45. The highest BCUT2D eigenvalue weighted by Gasteiger charge is 2.17. The zero-order valence-electron chi connectivity index (χ0n) is 14.7. The molecule has 0 aliphatic carbocycles. The SMILES string of the molecule is Cc1cc(NC(=O)CN(C)C(=O)Cc2csc(-c3ccccc3Cl)n2)no1. The zero-order chi connectivity index (χ0) is 19.4. The van der Waals surface area contributed by atoms with Gasteiger partial charge >= 0.3 is 0 Å². The molecule has 0 radical (unpaired) electrons. The number of rotatable bonds is 6. The van der Waals surface area contributed by atoms with Crippen LogP contribution in [0.5, 0.6) is 0 Å². The number of amides is 2. The third kappa shape index (κ3) is 4.93. The molecule has 1 aromatic carbocycles. The molecule has 3 rings (SSSR count). The first-order chi connectivity index (χ1) is 12.9. The van der Waals surface area contributed by atoms with Crippen LogP contribution in [0.4, 0.5) is 5.82 Å². The molecule has 3 aromatic rings. The van der Waals surface area contributed by atoms with Crippen molar-refractivity contribution in [1.29, 1.82) is 0 Å². The lowest BCUT2D eigenvalue weighted by Gasteiger charge is -2.15. The molecule has 0 spiro atoms. The lowest BCUT2D eigenvalue weighted by molar-refractivity contribution is -0.132. The Hall–Kier alpha value is -2.71. The van der Waals surface area contributed by atoms with E-state index in [1.54, 1.807) is 26.1 Å². The fourth-order valence-electron chi connectivity index (χ4n) is 2.35. The quantitative estimate of drug-likeness (QED) is 0.680. The Morgan fingerprint density at radius 3 is 2.81 bits per heavy atom. The maximum absolute atomic E-state index is 12.4. The summed E-state index contributed by atoms with van der Waals surface area (Å²) in [6.07, 6.45) is 0.105. The predicted molar refractivity (Wildman–Crippen MR) is 104 cm³/mol. The number of likely N-dealkylation sites (N-methyl/N-ethyl adjacent to an activating group) is 1. The summed E-state index contributed by atoms with van der Waals surface area (Å²) >= 11 is 7.61. The van der Waals surface area contributed by atoms with E-state index in [9.17, 15) is 9.59 Å². The minimum Gasteiger partial charge on any atom is -0.360 e. The number of carbonyl (C=O) groups is 2. The summed E-state index contributed by atoms with van der Waals surface area (Å²) < 4.78 is 4.88. The van der Waals surface area contributed by atoms with Gasteiger partial charge in [0, 0.05) is 24.1 Å². The second-order valence-electron chi connectivity index (χ2n) is 5.92. The highest BCUT2D eigenvalue weighted by Crippen LogP contribution is 2.30. The molecule has 2 amide bonds. The molecule has 9 heteroatoms. The number of hydrogen-bond donors (Lipinski definition) is 1. The molecule has 2 heterocycles. The van der Waals surface area contributed by atoms with E-state index in [2.05, 4.69) is 15.5 Å². The lowest BCUT2D eigenvalue weighted by atomic mass is 10.2. The van der Waals surface area contributed by atoms with Gasteiger partial charge in [0.2, 0.25) is 11.8 Å². The van der Waals surface area contributed by atoms with E-state index in [1.165, 1.54) is 16.2 Å². The zero-order valence-corrected chi connectivity index (χ0v) is 16.3. The van der Waals surface area contributed by atoms with Crippen LogP contribution >= 0.6 is 22.9 Å².